The van der Waals surface area contributed by atoms with Gasteiger partial charge >= 0.3 is 0 Å². The highest BCUT2D eigenvalue weighted by molar-refractivity contribution is 7.89. The van der Waals surface area contributed by atoms with Crippen molar-refractivity contribution in [2.75, 3.05) is 6.61 Å². The summed E-state index contributed by atoms with van der Waals surface area (Å²) >= 11 is 5.45. The molecule has 1 unspecified atom stereocenters. The third-order valence-electron chi connectivity index (χ3n) is 1.83. The molecule has 8 heteroatoms. The van der Waals surface area contributed by atoms with Gasteiger partial charge in [-0.05, 0) is 24.9 Å². The Morgan fingerprint density at radius 1 is 1.50 bits per heavy atom. The van der Waals surface area contributed by atoms with Gasteiger partial charge in [0.25, 0.3) is 0 Å². The van der Waals surface area contributed by atoms with Crippen LogP contribution in [-0.4, -0.2) is 36.1 Å². The van der Waals surface area contributed by atoms with E-state index in [-0.39, 0.29) is 22.8 Å². The van der Waals surface area contributed by atoms with Crippen LogP contribution in [0.25, 0.3) is 0 Å². The number of aromatic nitrogens is 2. The first-order valence-corrected chi connectivity index (χ1v) is 6.42. The zero-order valence-corrected chi connectivity index (χ0v) is 10.2. The molecule has 90 valence electrons. The highest BCUT2D eigenvalue weighted by Gasteiger charge is 2.17. The van der Waals surface area contributed by atoms with Gasteiger partial charge in [-0.2, -0.15) is 0 Å². The lowest BCUT2D eigenvalue weighted by Gasteiger charge is -2.12. The van der Waals surface area contributed by atoms with Gasteiger partial charge in [-0.3, -0.25) is 0 Å². The Bertz CT molecular complexity index is 434. The summed E-state index contributed by atoms with van der Waals surface area (Å²) in [6.07, 6.45) is 2.60. The first kappa shape index (κ1) is 13.3. The van der Waals surface area contributed by atoms with E-state index in [2.05, 4.69) is 14.7 Å². The molecular formula is C8H12ClN3O3S. The lowest BCUT2D eigenvalue weighted by atomic mass is 10.3. The van der Waals surface area contributed by atoms with Gasteiger partial charge in [0.15, 0.2) is 0 Å². The van der Waals surface area contributed by atoms with E-state index in [1.54, 1.807) is 6.92 Å². The Morgan fingerprint density at radius 3 is 2.56 bits per heavy atom. The number of halogens is 1. The highest BCUT2D eigenvalue weighted by Crippen LogP contribution is 2.08. The Hall–Kier alpha value is -0.760. The molecule has 1 atom stereocenters. The largest absolute Gasteiger partial charge is 0.396 e. The molecule has 6 nitrogen and oxygen atoms in total. The van der Waals surface area contributed by atoms with E-state index in [1.807, 2.05) is 0 Å². The second-order valence-corrected chi connectivity index (χ2v) is 5.27. The van der Waals surface area contributed by atoms with E-state index in [4.69, 9.17) is 16.7 Å². The van der Waals surface area contributed by atoms with Crippen LogP contribution in [0.2, 0.25) is 5.28 Å². The molecule has 0 radical (unpaired) electrons. The van der Waals surface area contributed by atoms with Crippen molar-refractivity contribution < 1.29 is 13.5 Å². The van der Waals surface area contributed by atoms with Crippen LogP contribution in [-0.2, 0) is 10.0 Å². The van der Waals surface area contributed by atoms with E-state index in [0.717, 1.165) is 12.4 Å². The van der Waals surface area contributed by atoms with E-state index < -0.39 is 10.0 Å². The molecule has 1 heterocycles. The number of hydrogen-bond acceptors (Lipinski definition) is 5. The maximum atomic E-state index is 11.7. The number of nitrogens with one attached hydrogen (secondary N) is 1. The summed E-state index contributed by atoms with van der Waals surface area (Å²) in [6, 6.07) is -0.356. The third kappa shape index (κ3) is 3.67. The number of hydrogen-bond donors (Lipinski definition) is 2. The molecule has 1 aromatic heterocycles. The maximum Gasteiger partial charge on any atom is 0.243 e. The molecule has 16 heavy (non-hydrogen) atoms. The molecule has 0 amide bonds. The van der Waals surface area contributed by atoms with Crippen LogP contribution in [0.1, 0.15) is 13.3 Å². The zero-order valence-electron chi connectivity index (χ0n) is 8.59. The van der Waals surface area contributed by atoms with Gasteiger partial charge in [-0.1, -0.05) is 0 Å². The summed E-state index contributed by atoms with van der Waals surface area (Å²) in [5.74, 6) is 0. The first-order chi connectivity index (χ1) is 7.45. The molecule has 1 aromatic rings. The number of rotatable bonds is 5. The van der Waals surface area contributed by atoms with Gasteiger partial charge in [-0.25, -0.2) is 23.1 Å². The van der Waals surface area contributed by atoms with Gasteiger partial charge in [0.2, 0.25) is 15.3 Å². The lowest BCUT2D eigenvalue weighted by molar-refractivity contribution is 0.275. The molecule has 0 aliphatic heterocycles. The number of nitrogens with zero attached hydrogens (tertiary/aromatic N) is 2. The van der Waals surface area contributed by atoms with Gasteiger partial charge in [0.05, 0.1) is 12.4 Å². The Kier molecular flexibility index (Phi) is 4.60. The fourth-order valence-corrected chi connectivity index (χ4v) is 2.29. The van der Waals surface area contributed by atoms with Crippen LogP contribution in [0.3, 0.4) is 0 Å². The van der Waals surface area contributed by atoms with Crippen LogP contribution in [0, 0.1) is 0 Å². The molecule has 0 saturated heterocycles. The van der Waals surface area contributed by atoms with Crippen molar-refractivity contribution in [3.8, 4) is 0 Å². The Labute approximate surface area is 98.7 Å². The fraction of sp³-hybridized carbons (Fsp3) is 0.500. The van der Waals surface area contributed by atoms with Crippen LogP contribution in [0.4, 0.5) is 0 Å². The number of aliphatic hydroxyl groups is 1. The second kappa shape index (κ2) is 5.53. The maximum absolute atomic E-state index is 11.7. The van der Waals surface area contributed by atoms with Crippen LogP contribution in [0.5, 0.6) is 0 Å². The predicted octanol–water partition coefficient (Wildman–Crippen LogP) is 0.179. The SMILES string of the molecule is CC(CCO)NS(=O)(=O)c1cnc(Cl)nc1. The molecule has 0 saturated carbocycles. The monoisotopic (exact) mass is 265 g/mol. The first-order valence-electron chi connectivity index (χ1n) is 4.56. The minimum Gasteiger partial charge on any atom is -0.396 e. The molecule has 1 rings (SSSR count). The molecule has 2 N–H and O–H groups in total. The van der Waals surface area contributed by atoms with Gasteiger partial charge in [0, 0.05) is 12.6 Å². The van der Waals surface area contributed by atoms with Crippen molar-refractivity contribution in [1.29, 1.82) is 0 Å². The van der Waals surface area contributed by atoms with Crippen molar-refractivity contribution in [2.24, 2.45) is 0 Å². The topological polar surface area (TPSA) is 92.2 Å². The van der Waals surface area contributed by atoms with E-state index in [1.165, 1.54) is 0 Å². The highest BCUT2D eigenvalue weighted by atomic mass is 35.5. The molecular weight excluding hydrogens is 254 g/mol. The van der Waals surface area contributed by atoms with Gasteiger partial charge in [0.1, 0.15) is 4.90 Å². The molecule has 0 bridgehead atoms. The van der Waals surface area contributed by atoms with E-state index in [9.17, 15) is 8.42 Å². The number of sulfonamides is 1. The number of aliphatic hydroxyl groups excluding tert-OH is 1. The standard InChI is InChI=1S/C8H12ClN3O3S/c1-6(2-3-13)12-16(14,15)7-4-10-8(9)11-5-7/h4-6,12-13H,2-3H2,1H3. The quantitative estimate of drug-likeness (QED) is 0.741. The smallest absolute Gasteiger partial charge is 0.243 e. The normalized spacial score (nSPS) is 13.7. The minimum absolute atomic E-state index is 0.0117. The predicted molar refractivity (Wildman–Crippen MR) is 58.5 cm³/mol. The summed E-state index contributed by atoms with van der Waals surface area (Å²) in [5.41, 5.74) is 0. The average molecular weight is 266 g/mol. The Morgan fingerprint density at radius 2 is 2.06 bits per heavy atom. The average Bonchev–Trinajstić information content (AvgIpc) is 2.17. The second-order valence-electron chi connectivity index (χ2n) is 3.22. The Balaban J connectivity index is 2.82. The molecule has 0 aliphatic rings. The van der Waals surface area contributed by atoms with Crippen molar-refractivity contribution in [3.63, 3.8) is 0 Å². The molecule has 0 spiro atoms. The van der Waals surface area contributed by atoms with E-state index >= 15 is 0 Å². The van der Waals surface area contributed by atoms with Crippen molar-refractivity contribution in [3.05, 3.63) is 17.7 Å². The van der Waals surface area contributed by atoms with Crippen LogP contribution in [0.15, 0.2) is 17.3 Å². The van der Waals surface area contributed by atoms with Gasteiger partial charge in [-0.15, -0.1) is 0 Å². The summed E-state index contributed by atoms with van der Waals surface area (Å²) in [5, 5.41) is 8.65. The summed E-state index contributed by atoms with van der Waals surface area (Å²) < 4.78 is 25.8. The van der Waals surface area contributed by atoms with Gasteiger partial charge < -0.3 is 5.11 Å². The third-order valence-corrected chi connectivity index (χ3v) is 3.56. The van der Waals surface area contributed by atoms with Crippen molar-refractivity contribution >= 4 is 21.6 Å². The molecule has 0 fully saturated rings. The van der Waals surface area contributed by atoms with Crippen LogP contribution >= 0.6 is 11.6 Å². The molecule has 0 aliphatic carbocycles. The summed E-state index contributed by atoms with van der Waals surface area (Å²) in [4.78, 5) is 7.11. The zero-order chi connectivity index (χ0) is 12.2. The minimum atomic E-state index is -3.64. The van der Waals surface area contributed by atoms with E-state index in [0.29, 0.717) is 6.42 Å². The summed E-state index contributed by atoms with van der Waals surface area (Å²) in [7, 11) is -3.64. The van der Waals surface area contributed by atoms with Crippen LogP contribution < -0.4 is 4.72 Å². The summed E-state index contributed by atoms with van der Waals surface area (Å²) in [6.45, 7) is 1.57. The van der Waals surface area contributed by atoms with Crippen molar-refractivity contribution in [1.82, 2.24) is 14.7 Å². The van der Waals surface area contributed by atoms with Crippen molar-refractivity contribution in [2.45, 2.75) is 24.3 Å². The lowest BCUT2D eigenvalue weighted by Crippen LogP contribution is -2.33. The molecule has 0 aromatic carbocycles. The fourth-order valence-electron chi connectivity index (χ4n) is 1.02.